The van der Waals surface area contributed by atoms with Gasteiger partial charge in [-0.15, -0.1) is 0 Å². The van der Waals surface area contributed by atoms with E-state index in [1.165, 1.54) is 0 Å². The maximum Gasteiger partial charge on any atom is 0.320 e. The Hall–Kier alpha value is -2.97. The summed E-state index contributed by atoms with van der Waals surface area (Å²) in [5.41, 5.74) is 19.3. The Balaban J connectivity index is 1.74. The lowest BCUT2D eigenvalue weighted by atomic mass is 10.1. The van der Waals surface area contributed by atoms with Gasteiger partial charge in [0.2, 0.25) is 0 Å². The van der Waals surface area contributed by atoms with E-state index in [0.717, 1.165) is 5.56 Å². The second kappa shape index (κ2) is 6.03. The maximum absolute atomic E-state index is 10.8. The van der Waals surface area contributed by atoms with Gasteiger partial charge >= 0.3 is 5.97 Å². The van der Waals surface area contributed by atoms with Crippen molar-refractivity contribution in [1.29, 1.82) is 0 Å². The zero-order chi connectivity index (χ0) is 16.4. The van der Waals surface area contributed by atoms with Crippen molar-refractivity contribution in [2.75, 3.05) is 16.7 Å². The van der Waals surface area contributed by atoms with Crippen molar-refractivity contribution in [3.63, 3.8) is 0 Å². The Morgan fingerprint density at radius 2 is 1.87 bits per heavy atom. The maximum atomic E-state index is 10.8. The Morgan fingerprint density at radius 1 is 1.17 bits per heavy atom. The molecule has 8 heteroatoms. The van der Waals surface area contributed by atoms with Crippen LogP contribution in [0.3, 0.4) is 0 Å². The van der Waals surface area contributed by atoms with E-state index in [-0.39, 0.29) is 6.42 Å². The van der Waals surface area contributed by atoms with Crippen molar-refractivity contribution < 1.29 is 19.6 Å². The number of aliphatic carboxylic acids is 1. The second-order valence-corrected chi connectivity index (χ2v) is 5.10. The van der Waals surface area contributed by atoms with Gasteiger partial charge in [0.25, 0.3) is 0 Å². The average Bonchev–Trinajstić information content (AvgIpc) is 3.02. The Bertz CT molecular complexity index is 733. The van der Waals surface area contributed by atoms with Gasteiger partial charge in [0.1, 0.15) is 23.2 Å². The third kappa shape index (κ3) is 3.12. The summed E-state index contributed by atoms with van der Waals surface area (Å²) in [6, 6.07) is 9.56. The molecular weight excluding hydrogens is 300 g/mol. The molecule has 3 rings (SSSR count). The van der Waals surface area contributed by atoms with Gasteiger partial charge in [-0.2, -0.15) is 4.94 Å². The number of rotatable bonds is 5. The second-order valence-electron chi connectivity index (χ2n) is 5.10. The zero-order valence-corrected chi connectivity index (χ0v) is 12.1. The molecule has 1 atom stereocenters. The van der Waals surface area contributed by atoms with Gasteiger partial charge in [0.05, 0.1) is 5.69 Å². The molecule has 0 fully saturated rings. The summed E-state index contributed by atoms with van der Waals surface area (Å²) in [7, 11) is 0. The number of nitrogen functional groups attached to an aromatic ring is 1. The van der Waals surface area contributed by atoms with Crippen LogP contribution in [0.5, 0.6) is 11.5 Å². The lowest BCUT2D eigenvalue weighted by Gasteiger charge is -2.11. The van der Waals surface area contributed by atoms with E-state index >= 15 is 0 Å². The number of fused-ring (bicyclic) bond motifs is 1. The molecule has 1 aliphatic heterocycles. The first kappa shape index (κ1) is 14.9. The third-order valence-electron chi connectivity index (χ3n) is 3.43. The van der Waals surface area contributed by atoms with Crippen LogP contribution in [-0.4, -0.2) is 17.1 Å². The summed E-state index contributed by atoms with van der Waals surface area (Å²) in [5.74, 6) is 0.119. The molecule has 2 aromatic rings. The SMILES string of the molecule is Nc1ccc(Oc2ccc(C[C@H](N)C(=O)O)cc2)c2c1NON2. The molecule has 0 amide bonds. The van der Waals surface area contributed by atoms with Crippen LogP contribution >= 0.6 is 0 Å². The molecule has 0 spiro atoms. The predicted octanol–water partition coefficient (Wildman–Crippen LogP) is 1.70. The van der Waals surface area contributed by atoms with Crippen molar-refractivity contribution in [1.82, 2.24) is 0 Å². The summed E-state index contributed by atoms with van der Waals surface area (Å²) in [6.07, 6.45) is 0.256. The summed E-state index contributed by atoms with van der Waals surface area (Å²) in [5, 5.41) is 8.82. The van der Waals surface area contributed by atoms with Crippen LogP contribution in [0.1, 0.15) is 5.56 Å². The van der Waals surface area contributed by atoms with Crippen molar-refractivity contribution in [3.05, 3.63) is 42.0 Å². The number of anilines is 3. The highest BCUT2D eigenvalue weighted by Gasteiger charge is 2.19. The van der Waals surface area contributed by atoms with Gasteiger partial charge in [-0.25, -0.2) is 11.0 Å². The van der Waals surface area contributed by atoms with Crippen molar-refractivity contribution >= 4 is 23.0 Å². The van der Waals surface area contributed by atoms with Gasteiger partial charge in [-0.1, -0.05) is 12.1 Å². The van der Waals surface area contributed by atoms with E-state index in [0.29, 0.717) is 28.6 Å². The fourth-order valence-electron chi connectivity index (χ4n) is 2.19. The van der Waals surface area contributed by atoms with Gasteiger partial charge in [-0.05, 0) is 36.2 Å². The Kier molecular flexibility index (Phi) is 3.92. The standard InChI is InChI=1S/C15H16N4O4/c16-10-5-6-12(14-13(10)18-23-19-14)22-9-3-1-8(2-4-9)7-11(17)15(20)21/h1-6,11,18-19H,7,16-17H2,(H,20,21)/t11-/m0/s1. The van der Waals surface area contributed by atoms with Crippen LogP contribution in [0, 0.1) is 0 Å². The summed E-state index contributed by atoms with van der Waals surface area (Å²) in [6.45, 7) is 0. The van der Waals surface area contributed by atoms with E-state index in [4.69, 9.17) is 26.2 Å². The average molecular weight is 316 g/mol. The predicted molar refractivity (Wildman–Crippen MR) is 85.0 cm³/mol. The molecule has 23 heavy (non-hydrogen) atoms. The Labute approximate surface area is 131 Å². The third-order valence-corrected chi connectivity index (χ3v) is 3.43. The quantitative estimate of drug-likeness (QED) is 0.527. The van der Waals surface area contributed by atoms with Crippen molar-refractivity contribution in [2.24, 2.45) is 5.73 Å². The molecule has 0 radical (unpaired) electrons. The number of benzene rings is 2. The molecule has 0 aromatic heterocycles. The van der Waals surface area contributed by atoms with Gasteiger partial charge in [0.15, 0.2) is 5.75 Å². The van der Waals surface area contributed by atoms with Crippen LogP contribution in [0.15, 0.2) is 36.4 Å². The summed E-state index contributed by atoms with van der Waals surface area (Å²) >= 11 is 0. The minimum absolute atomic E-state index is 0.256. The van der Waals surface area contributed by atoms with E-state index < -0.39 is 12.0 Å². The van der Waals surface area contributed by atoms with Crippen LogP contribution < -0.4 is 27.2 Å². The highest BCUT2D eigenvalue weighted by atomic mass is 16.8. The number of ether oxygens (including phenoxy) is 1. The number of nitrogens with two attached hydrogens (primary N) is 2. The lowest BCUT2D eigenvalue weighted by Crippen LogP contribution is -2.32. The van der Waals surface area contributed by atoms with Crippen LogP contribution in [0.25, 0.3) is 0 Å². The summed E-state index contributed by atoms with van der Waals surface area (Å²) < 4.78 is 5.80. The fourth-order valence-corrected chi connectivity index (χ4v) is 2.19. The first-order valence-electron chi connectivity index (χ1n) is 6.90. The number of nitrogens with one attached hydrogen (secondary N) is 2. The molecule has 8 nitrogen and oxygen atoms in total. The first-order valence-corrected chi connectivity index (χ1v) is 6.90. The van der Waals surface area contributed by atoms with Gasteiger partial charge < -0.3 is 21.3 Å². The Morgan fingerprint density at radius 3 is 2.57 bits per heavy atom. The zero-order valence-electron chi connectivity index (χ0n) is 12.1. The van der Waals surface area contributed by atoms with Gasteiger partial charge in [-0.3, -0.25) is 4.79 Å². The number of carboxylic acids is 1. The highest BCUT2D eigenvalue weighted by Crippen LogP contribution is 2.42. The fraction of sp³-hybridized carbons (Fsp3) is 0.133. The molecule has 0 saturated carbocycles. The lowest BCUT2D eigenvalue weighted by molar-refractivity contribution is -0.138. The molecule has 0 bridgehead atoms. The van der Waals surface area contributed by atoms with E-state index in [1.807, 2.05) is 0 Å². The smallest absolute Gasteiger partial charge is 0.320 e. The first-order chi connectivity index (χ1) is 11.0. The highest BCUT2D eigenvalue weighted by molar-refractivity contribution is 5.86. The largest absolute Gasteiger partial charge is 0.480 e. The summed E-state index contributed by atoms with van der Waals surface area (Å²) in [4.78, 5) is 15.7. The monoisotopic (exact) mass is 316 g/mol. The molecule has 1 aliphatic rings. The molecule has 0 aliphatic carbocycles. The van der Waals surface area contributed by atoms with Crippen molar-refractivity contribution in [2.45, 2.75) is 12.5 Å². The normalized spacial score (nSPS) is 13.6. The minimum Gasteiger partial charge on any atom is -0.480 e. The van der Waals surface area contributed by atoms with Crippen LogP contribution in [0.2, 0.25) is 0 Å². The number of hydrogen-bond donors (Lipinski definition) is 5. The van der Waals surface area contributed by atoms with E-state index in [2.05, 4.69) is 11.0 Å². The van der Waals surface area contributed by atoms with Crippen LogP contribution in [-0.2, 0) is 16.2 Å². The number of carbonyl (C=O) groups is 1. The molecule has 1 heterocycles. The van der Waals surface area contributed by atoms with Crippen molar-refractivity contribution in [3.8, 4) is 11.5 Å². The van der Waals surface area contributed by atoms with Gasteiger partial charge in [0, 0.05) is 0 Å². The van der Waals surface area contributed by atoms with E-state index in [9.17, 15) is 4.79 Å². The molecule has 0 saturated heterocycles. The van der Waals surface area contributed by atoms with Crippen LogP contribution in [0.4, 0.5) is 17.1 Å². The molecule has 0 unspecified atom stereocenters. The van der Waals surface area contributed by atoms with E-state index in [1.54, 1.807) is 36.4 Å². The molecule has 7 N–H and O–H groups in total. The molecule has 2 aromatic carbocycles. The number of hydrogen-bond acceptors (Lipinski definition) is 7. The topological polar surface area (TPSA) is 132 Å². The molecule has 120 valence electrons. The minimum atomic E-state index is -1.03. The number of carboxylic acid groups (broad SMARTS) is 1. The molecular formula is C15H16N4O4.